The van der Waals surface area contributed by atoms with Gasteiger partial charge in [-0.05, 0) is 12.1 Å². The number of hydrogen-bond acceptors (Lipinski definition) is 3. The van der Waals surface area contributed by atoms with E-state index in [0.717, 1.165) is 0 Å². The molecule has 1 amide bonds. The highest BCUT2D eigenvalue weighted by atomic mass is 19.4. The summed E-state index contributed by atoms with van der Waals surface area (Å²) >= 11 is 0. The summed E-state index contributed by atoms with van der Waals surface area (Å²) < 4.78 is 40.4. The van der Waals surface area contributed by atoms with Crippen LogP contribution in [0.2, 0.25) is 0 Å². The SMILES string of the molecule is O=C(NCC#CCOc1cccnc1)C(F)(F)F. The van der Waals surface area contributed by atoms with Gasteiger partial charge in [-0.3, -0.25) is 9.78 Å². The van der Waals surface area contributed by atoms with Crippen LogP contribution in [-0.4, -0.2) is 30.2 Å². The minimum atomic E-state index is -4.88. The summed E-state index contributed by atoms with van der Waals surface area (Å²) in [7, 11) is 0. The summed E-state index contributed by atoms with van der Waals surface area (Å²) in [6, 6.07) is 3.34. The lowest BCUT2D eigenvalue weighted by Crippen LogP contribution is -2.36. The highest BCUT2D eigenvalue weighted by Crippen LogP contribution is 2.13. The molecule has 0 spiro atoms. The molecule has 7 heteroatoms. The standard InChI is InChI=1S/C11H9F3N2O2/c12-11(13,14)10(17)16-6-1-2-7-18-9-4-3-5-15-8-9/h3-5,8H,6-7H2,(H,16,17). The number of rotatable bonds is 3. The van der Waals surface area contributed by atoms with E-state index < -0.39 is 12.1 Å². The summed E-state index contributed by atoms with van der Waals surface area (Å²) in [5.41, 5.74) is 0. The zero-order chi connectivity index (χ0) is 13.4. The summed E-state index contributed by atoms with van der Waals surface area (Å²) in [6.45, 7) is -0.373. The number of carbonyl (C=O) groups excluding carboxylic acids is 1. The lowest BCUT2D eigenvalue weighted by molar-refractivity contribution is -0.173. The highest BCUT2D eigenvalue weighted by Gasteiger charge is 2.38. The minimum Gasteiger partial charge on any atom is -0.479 e. The number of hydrogen-bond donors (Lipinski definition) is 1. The maximum atomic E-state index is 11.8. The highest BCUT2D eigenvalue weighted by molar-refractivity contribution is 5.81. The van der Waals surface area contributed by atoms with Crippen molar-refractivity contribution >= 4 is 5.91 Å². The largest absolute Gasteiger partial charge is 0.479 e. The molecule has 0 fully saturated rings. The van der Waals surface area contributed by atoms with E-state index in [4.69, 9.17) is 4.74 Å². The summed E-state index contributed by atoms with van der Waals surface area (Å²) in [4.78, 5) is 14.2. The molecule has 18 heavy (non-hydrogen) atoms. The number of pyridine rings is 1. The molecule has 0 radical (unpaired) electrons. The van der Waals surface area contributed by atoms with Crippen molar-refractivity contribution in [2.45, 2.75) is 6.18 Å². The van der Waals surface area contributed by atoms with Crippen molar-refractivity contribution in [3.05, 3.63) is 24.5 Å². The molecule has 4 nitrogen and oxygen atoms in total. The van der Waals surface area contributed by atoms with Crippen LogP contribution < -0.4 is 10.1 Å². The Kier molecular flexibility index (Phi) is 4.99. The number of alkyl halides is 3. The lowest BCUT2D eigenvalue weighted by Gasteiger charge is -2.03. The molecule has 96 valence electrons. The van der Waals surface area contributed by atoms with Crippen molar-refractivity contribution in [3.8, 4) is 17.6 Å². The van der Waals surface area contributed by atoms with Gasteiger partial charge in [-0.25, -0.2) is 0 Å². The predicted octanol–water partition coefficient (Wildman–Crippen LogP) is 1.14. The molecule has 0 aliphatic carbocycles. The number of aromatic nitrogens is 1. The van der Waals surface area contributed by atoms with Gasteiger partial charge >= 0.3 is 12.1 Å². The first kappa shape index (κ1) is 13.8. The summed E-state index contributed by atoms with van der Waals surface area (Å²) in [6.07, 6.45) is -1.83. The molecule has 1 aromatic heterocycles. The average molecular weight is 258 g/mol. The van der Waals surface area contributed by atoms with Crippen LogP contribution in [0.5, 0.6) is 5.75 Å². The predicted molar refractivity (Wildman–Crippen MR) is 56.6 cm³/mol. The van der Waals surface area contributed by atoms with Gasteiger partial charge in [-0.1, -0.05) is 11.8 Å². The Hall–Kier alpha value is -2.23. The molecule has 1 aromatic rings. The van der Waals surface area contributed by atoms with E-state index in [1.165, 1.54) is 6.20 Å². The Bertz CT molecular complexity index is 449. The van der Waals surface area contributed by atoms with E-state index in [2.05, 4.69) is 16.8 Å². The van der Waals surface area contributed by atoms with Crippen LogP contribution in [0.1, 0.15) is 0 Å². The molecule has 0 aromatic carbocycles. The van der Waals surface area contributed by atoms with Gasteiger partial charge in [0, 0.05) is 6.20 Å². The first-order valence-corrected chi connectivity index (χ1v) is 4.83. The molecule has 0 saturated heterocycles. The summed E-state index contributed by atoms with van der Waals surface area (Å²) in [5.74, 6) is 3.29. The Morgan fingerprint density at radius 3 is 2.83 bits per heavy atom. The molecule has 0 atom stereocenters. The smallest absolute Gasteiger partial charge is 0.471 e. The van der Waals surface area contributed by atoms with Crippen LogP contribution in [0.3, 0.4) is 0 Å². The molecular weight excluding hydrogens is 249 g/mol. The van der Waals surface area contributed by atoms with Crippen molar-refractivity contribution in [1.82, 2.24) is 10.3 Å². The number of nitrogens with one attached hydrogen (secondary N) is 1. The number of nitrogens with zero attached hydrogens (tertiary/aromatic N) is 1. The number of ether oxygens (including phenoxy) is 1. The fourth-order valence-electron chi connectivity index (χ4n) is 0.890. The number of carbonyl (C=O) groups is 1. The van der Waals surface area contributed by atoms with E-state index in [0.29, 0.717) is 5.75 Å². The molecule has 0 aliphatic heterocycles. The third-order valence-electron chi connectivity index (χ3n) is 1.67. The van der Waals surface area contributed by atoms with E-state index in [1.807, 2.05) is 0 Å². The zero-order valence-electron chi connectivity index (χ0n) is 9.12. The maximum absolute atomic E-state index is 11.8. The third-order valence-corrected chi connectivity index (χ3v) is 1.67. The van der Waals surface area contributed by atoms with Crippen LogP contribution >= 0.6 is 0 Å². The monoisotopic (exact) mass is 258 g/mol. The van der Waals surface area contributed by atoms with Crippen molar-refractivity contribution in [1.29, 1.82) is 0 Å². The van der Waals surface area contributed by atoms with Crippen molar-refractivity contribution in [2.75, 3.05) is 13.2 Å². The van der Waals surface area contributed by atoms with Gasteiger partial charge in [0.15, 0.2) is 0 Å². The Labute approximate surface area is 101 Å². The van der Waals surface area contributed by atoms with Crippen molar-refractivity contribution in [2.24, 2.45) is 0 Å². The van der Waals surface area contributed by atoms with Gasteiger partial charge in [-0.2, -0.15) is 13.2 Å². The summed E-state index contributed by atoms with van der Waals surface area (Å²) in [5, 5.41) is 1.62. The molecular formula is C11H9F3N2O2. The molecule has 1 heterocycles. The van der Waals surface area contributed by atoms with Gasteiger partial charge < -0.3 is 10.1 Å². The second kappa shape index (κ2) is 6.49. The Morgan fingerprint density at radius 2 is 2.22 bits per heavy atom. The number of halogens is 3. The Balaban J connectivity index is 2.22. The van der Waals surface area contributed by atoms with E-state index >= 15 is 0 Å². The first-order valence-electron chi connectivity index (χ1n) is 4.83. The topological polar surface area (TPSA) is 51.2 Å². The fourth-order valence-corrected chi connectivity index (χ4v) is 0.890. The minimum absolute atomic E-state index is 0.00752. The molecule has 0 saturated carbocycles. The average Bonchev–Trinajstić information content (AvgIpc) is 2.33. The maximum Gasteiger partial charge on any atom is 0.471 e. The van der Waals surface area contributed by atoms with Gasteiger partial charge in [0.25, 0.3) is 0 Å². The van der Waals surface area contributed by atoms with Crippen molar-refractivity contribution in [3.63, 3.8) is 0 Å². The second-order valence-corrected chi connectivity index (χ2v) is 3.01. The quantitative estimate of drug-likeness (QED) is 0.827. The second-order valence-electron chi connectivity index (χ2n) is 3.01. The normalized spacial score (nSPS) is 10.2. The molecule has 1 rings (SSSR count). The van der Waals surface area contributed by atoms with Gasteiger partial charge in [-0.15, -0.1) is 0 Å². The van der Waals surface area contributed by atoms with Crippen LogP contribution in [0.25, 0.3) is 0 Å². The molecule has 0 aliphatic rings. The van der Waals surface area contributed by atoms with E-state index in [9.17, 15) is 18.0 Å². The number of amides is 1. The fraction of sp³-hybridized carbons (Fsp3) is 0.273. The third kappa shape index (κ3) is 5.21. The lowest BCUT2D eigenvalue weighted by atomic mass is 10.5. The molecule has 1 N–H and O–H groups in total. The molecule has 0 bridgehead atoms. The first-order chi connectivity index (χ1) is 8.50. The van der Waals surface area contributed by atoms with E-state index in [1.54, 1.807) is 23.6 Å². The van der Waals surface area contributed by atoms with Gasteiger partial charge in [0.1, 0.15) is 12.4 Å². The van der Waals surface area contributed by atoms with E-state index in [-0.39, 0.29) is 13.2 Å². The Morgan fingerprint density at radius 1 is 1.44 bits per heavy atom. The van der Waals surface area contributed by atoms with Gasteiger partial charge in [0.05, 0.1) is 12.7 Å². The van der Waals surface area contributed by atoms with Crippen molar-refractivity contribution < 1.29 is 22.7 Å². The zero-order valence-corrected chi connectivity index (χ0v) is 9.12. The van der Waals surface area contributed by atoms with Crippen LogP contribution in [0.15, 0.2) is 24.5 Å². The van der Waals surface area contributed by atoms with Crippen LogP contribution in [0, 0.1) is 11.8 Å². The van der Waals surface area contributed by atoms with Gasteiger partial charge in [0.2, 0.25) is 0 Å². The van der Waals surface area contributed by atoms with Crippen LogP contribution in [-0.2, 0) is 4.79 Å². The molecule has 0 unspecified atom stereocenters. The van der Waals surface area contributed by atoms with Crippen LogP contribution in [0.4, 0.5) is 13.2 Å².